The van der Waals surface area contributed by atoms with E-state index in [0.717, 1.165) is 83.5 Å². The molecule has 0 aromatic rings. The highest BCUT2D eigenvalue weighted by Gasteiger charge is 2.26. The standard InChI is InChI=1S/C71H124NO8P/c1-3-5-7-9-11-13-15-17-19-21-23-25-26-27-28-29-30-31-32-33-34-35-36-37-38-39-40-41-42-44-45-47-49-51-53-55-57-59-61-63-70(73)77-67-69(68-79-81(75,76)78-66-65-72)80-71(74)64-62-60-58-56-54-52-50-48-46-43-24-22-20-18-16-14-12-10-8-6-4-2/h6,8,12,14-15,17-18,20-21,23-24,26-27,43,48,50,54,56,69H,3-5,7,9-11,13,16,19,22,25,28-42,44-47,49,51-53,55,57-68,72H2,1-2H3,(H,75,76)/b8-6-,14-12-,17-15-,20-18-,23-21-,27-26-,43-24-,50-48-,56-54-. The molecule has 0 spiro atoms. The fraction of sp³-hybridized carbons (Fsp3) is 0.718. The van der Waals surface area contributed by atoms with Crippen LogP contribution in [0.2, 0.25) is 0 Å². The van der Waals surface area contributed by atoms with Crippen molar-refractivity contribution in [3.05, 3.63) is 109 Å². The quantitative estimate of drug-likeness (QED) is 0.0264. The molecule has 0 fully saturated rings. The van der Waals surface area contributed by atoms with Crippen molar-refractivity contribution in [2.45, 2.75) is 302 Å². The van der Waals surface area contributed by atoms with Gasteiger partial charge < -0.3 is 20.1 Å². The van der Waals surface area contributed by atoms with E-state index < -0.39 is 32.5 Å². The number of nitrogens with two attached hydrogens (primary N) is 1. The Morgan fingerprint density at radius 1 is 0.383 bits per heavy atom. The third kappa shape index (κ3) is 65.7. The average Bonchev–Trinajstić information content (AvgIpc) is 3.46. The number of phosphoric acid groups is 1. The van der Waals surface area contributed by atoms with E-state index in [4.69, 9.17) is 24.3 Å². The van der Waals surface area contributed by atoms with Gasteiger partial charge in [0.05, 0.1) is 13.2 Å². The zero-order valence-electron chi connectivity index (χ0n) is 52.2. The Kier molecular flexibility index (Phi) is 63.1. The Morgan fingerprint density at radius 3 is 1.04 bits per heavy atom. The highest BCUT2D eigenvalue weighted by molar-refractivity contribution is 7.47. The summed E-state index contributed by atoms with van der Waals surface area (Å²) in [5.74, 6) is -0.875. The molecule has 0 heterocycles. The highest BCUT2D eigenvalue weighted by Crippen LogP contribution is 2.43. The second-order valence-electron chi connectivity index (χ2n) is 22.0. The van der Waals surface area contributed by atoms with Crippen LogP contribution in [0.1, 0.15) is 296 Å². The normalized spacial score (nSPS) is 13.7. The predicted octanol–water partition coefficient (Wildman–Crippen LogP) is 21.7. The van der Waals surface area contributed by atoms with Gasteiger partial charge in [0.2, 0.25) is 0 Å². The lowest BCUT2D eigenvalue weighted by Crippen LogP contribution is -2.29. The predicted molar refractivity (Wildman–Crippen MR) is 348 cm³/mol. The summed E-state index contributed by atoms with van der Waals surface area (Å²) in [5, 5.41) is 0. The Bertz CT molecular complexity index is 1690. The number of rotatable bonds is 62. The minimum absolute atomic E-state index is 0.0421. The molecule has 0 aromatic carbocycles. The van der Waals surface area contributed by atoms with Crippen molar-refractivity contribution in [2.75, 3.05) is 26.4 Å². The van der Waals surface area contributed by atoms with E-state index in [2.05, 4.69) is 123 Å². The molecule has 0 saturated carbocycles. The molecule has 0 bridgehead atoms. The van der Waals surface area contributed by atoms with E-state index in [-0.39, 0.29) is 32.6 Å². The van der Waals surface area contributed by atoms with E-state index >= 15 is 0 Å². The molecular weight excluding hydrogens is 1030 g/mol. The molecule has 0 aliphatic heterocycles. The molecule has 10 heteroatoms. The van der Waals surface area contributed by atoms with Crippen molar-refractivity contribution in [2.24, 2.45) is 5.73 Å². The maximum absolute atomic E-state index is 12.7. The molecule has 0 rings (SSSR count). The monoisotopic (exact) mass is 1150 g/mol. The van der Waals surface area contributed by atoms with Crippen LogP contribution in [-0.2, 0) is 32.7 Å². The lowest BCUT2D eigenvalue weighted by molar-refractivity contribution is -0.161. The summed E-state index contributed by atoms with van der Waals surface area (Å²) in [4.78, 5) is 35.2. The van der Waals surface area contributed by atoms with E-state index in [1.165, 1.54) is 180 Å². The molecule has 0 aliphatic rings. The van der Waals surface area contributed by atoms with E-state index in [9.17, 15) is 19.0 Å². The van der Waals surface area contributed by atoms with Crippen molar-refractivity contribution in [1.82, 2.24) is 0 Å². The number of ether oxygens (including phenoxy) is 2. The zero-order valence-corrected chi connectivity index (χ0v) is 53.1. The van der Waals surface area contributed by atoms with Crippen LogP contribution in [0, 0.1) is 0 Å². The van der Waals surface area contributed by atoms with Crippen LogP contribution >= 0.6 is 7.82 Å². The number of phosphoric ester groups is 1. The second-order valence-corrected chi connectivity index (χ2v) is 23.4. The first-order valence-electron chi connectivity index (χ1n) is 33.4. The van der Waals surface area contributed by atoms with Crippen LogP contribution in [0.5, 0.6) is 0 Å². The summed E-state index contributed by atoms with van der Waals surface area (Å²) in [7, 11) is -4.41. The Morgan fingerprint density at radius 2 is 0.679 bits per heavy atom. The molecule has 0 aromatic heterocycles. The van der Waals surface area contributed by atoms with Gasteiger partial charge in [0.1, 0.15) is 6.61 Å². The zero-order chi connectivity index (χ0) is 58.7. The van der Waals surface area contributed by atoms with Gasteiger partial charge >= 0.3 is 19.8 Å². The van der Waals surface area contributed by atoms with Crippen molar-refractivity contribution in [3.8, 4) is 0 Å². The maximum atomic E-state index is 12.7. The fourth-order valence-electron chi connectivity index (χ4n) is 9.24. The van der Waals surface area contributed by atoms with Gasteiger partial charge in [-0.15, -0.1) is 0 Å². The first-order valence-corrected chi connectivity index (χ1v) is 34.9. The Hall–Kier alpha value is -3.33. The molecule has 0 saturated heterocycles. The summed E-state index contributed by atoms with van der Waals surface area (Å²) in [6, 6.07) is 0. The number of hydrogen-bond donors (Lipinski definition) is 2. The summed E-state index contributed by atoms with van der Waals surface area (Å²) in [6.07, 6.45) is 90.5. The van der Waals surface area contributed by atoms with Crippen molar-refractivity contribution in [3.63, 3.8) is 0 Å². The highest BCUT2D eigenvalue weighted by atomic mass is 31.2. The minimum Gasteiger partial charge on any atom is -0.462 e. The van der Waals surface area contributed by atoms with Crippen LogP contribution in [0.25, 0.3) is 0 Å². The van der Waals surface area contributed by atoms with Gasteiger partial charge in [-0.25, -0.2) is 4.57 Å². The Balaban J connectivity index is 3.86. The summed E-state index contributed by atoms with van der Waals surface area (Å²) in [6.45, 7) is 3.58. The van der Waals surface area contributed by atoms with Gasteiger partial charge in [0, 0.05) is 19.4 Å². The number of unbranched alkanes of at least 4 members (excludes halogenated alkanes) is 31. The topological polar surface area (TPSA) is 134 Å². The summed E-state index contributed by atoms with van der Waals surface area (Å²) >= 11 is 0. The number of carbonyl (C=O) groups excluding carboxylic acids is 2. The molecule has 466 valence electrons. The first kappa shape index (κ1) is 77.7. The minimum atomic E-state index is -4.41. The first-order chi connectivity index (χ1) is 39.8. The number of hydrogen-bond acceptors (Lipinski definition) is 8. The van der Waals surface area contributed by atoms with Crippen molar-refractivity contribution < 1.29 is 37.6 Å². The van der Waals surface area contributed by atoms with Crippen molar-refractivity contribution >= 4 is 19.8 Å². The van der Waals surface area contributed by atoms with Crippen LogP contribution in [0.15, 0.2) is 109 Å². The van der Waals surface area contributed by atoms with E-state index in [0.29, 0.717) is 6.42 Å². The maximum Gasteiger partial charge on any atom is 0.472 e. The van der Waals surface area contributed by atoms with Gasteiger partial charge in [-0.1, -0.05) is 290 Å². The van der Waals surface area contributed by atoms with Crippen LogP contribution in [0.4, 0.5) is 0 Å². The largest absolute Gasteiger partial charge is 0.472 e. The Labute approximate surface area is 499 Å². The molecule has 2 unspecified atom stereocenters. The van der Waals surface area contributed by atoms with Crippen LogP contribution in [-0.4, -0.2) is 49.3 Å². The van der Waals surface area contributed by atoms with Crippen LogP contribution in [0.3, 0.4) is 0 Å². The van der Waals surface area contributed by atoms with Gasteiger partial charge in [-0.05, 0) is 103 Å². The average molecular weight is 1150 g/mol. The lowest BCUT2D eigenvalue weighted by atomic mass is 10.0. The van der Waals surface area contributed by atoms with E-state index in [1.54, 1.807) is 0 Å². The molecule has 0 amide bonds. The number of esters is 2. The molecule has 9 nitrogen and oxygen atoms in total. The third-order valence-electron chi connectivity index (χ3n) is 14.1. The van der Waals surface area contributed by atoms with Crippen molar-refractivity contribution in [1.29, 1.82) is 0 Å². The SMILES string of the molecule is CC/C=C\C/C=C\C/C=C\C/C=C\C/C=C\C/C=C\CCCCC(=O)OC(COC(=O)CCCCCCCCCCCCCCCCCCCCCCCCCC/C=C\C/C=C\C/C=C\CCCCCCC)COP(=O)(O)OCCN. The summed E-state index contributed by atoms with van der Waals surface area (Å²) < 4.78 is 33.0. The summed E-state index contributed by atoms with van der Waals surface area (Å²) in [5.41, 5.74) is 5.39. The number of carbonyl (C=O) groups is 2. The molecule has 0 radical (unpaired) electrons. The molecule has 3 N–H and O–H groups in total. The fourth-order valence-corrected chi connectivity index (χ4v) is 10.0. The van der Waals surface area contributed by atoms with Gasteiger partial charge in [-0.2, -0.15) is 0 Å². The van der Waals surface area contributed by atoms with Crippen LogP contribution < -0.4 is 5.73 Å². The van der Waals surface area contributed by atoms with Gasteiger partial charge in [-0.3, -0.25) is 18.6 Å². The lowest BCUT2D eigenvalue weighted by Gasteiger charge is -2.19. The molecule has 2 atom stereocenters. The van der Waals surface area contributed by atoms with Gasteiger partial charge in [0.15, 0.2) is 6.10 Å². The molecule has 0 aliphatic carbocycles. The number of allylic oxidation sites excluding steroid dienone is 18. The molecule has 81 heavy (non-hydrogen) atoms. The molecular formula is C71H124NO8P. The smallest absolute Gasteiger partial charge is 0.462 e. The van der Waals surface area contributed by atoms with E-state index in [1.807, 2.05) is 0 Å². The van der Waals surface area contributed by atoms with Gasteiger partial charge in [0.25, 0.3) is 0 Å². The third-order valence-corrected chi connectivity index (χ3v) is 15.1. The second kappa shape index (κ2) is 65.8.